The number of aliphatic hydroxyl groups is 1. The first-order chi connectivity index (χ1) is 8.13. The summed E-state index contributed by atoms with van der Waals surface area (Å²) in [7, 11) is 4.95. The van der Waals surface area contributed by atoms with Crippen LogP contribution in [0.25, 0.3) is 0 Å². The Labute approximate surface area is 101 Å². The van der Waals surface area contributed by atoms with E-state index in [1.165, 1.54) is 12.0 Å². The lowest BCUT2D eigenvalue weighted by atomic mass is 10.1. The van der Waals surface area contributed by atoms with Gasteiger partial charge in [0.1, 0.15) is 5.75 Å². The standard InChI is InChI=1S/C12H18N2O3/c1-13-9-4-5-11(17-3)10(8-9)12(16)14(2)6-7-15/h4-5,8,13,15H,6-7H2,1-3H3. The Kier molecular flexibility index (Phi) is 4.78. The Morgan fingerprint density at radius 1 is 1.53 bits per heavy atom. The molecule has 1 aromatic rings. The van der Waals surface area contributed by atoms with Crippen molar-refractivity contribution in [2.75, 3.05) is 39.7 Å². The number of aliphatic hydroxyl groups excluding tert-OH is 1. The molecule has 0 saturated carbocycles. The summed E-state index contributed by atoms with van der Waals surface area (Å²) in [5.41, 5.74) is 1.32. The van der Waals surface area contributed by atoms with Gasteiger partial charge in [0.05, 0.1) is 19.3 Å². The van der Waals surface area contributed by atoms with E-state index >= 15 is 0 Å². The number of rotatable bonds is 5. The Morgan fingerprint density at radius 2 is 2.24 bits per heavy atom. The molecule has 0 fully saturated rings. The zero-order valence-corrected chi connectivity index (χ0v) is 10.4. The van der Waals surface area contributed by atoms with Crippen LogP contribution in [0.5, 0.6) is 5.75 Å². The minimum absolute atomic E-state index is 0.0593. The first kappa shape index (κ1) is 13.3. The minimum atomic E-state index is -0.173. The van der Waals surface area contributed by atoms with Gasteiger partial charge in [0.15, 0.2) is 0 Å². The third-order valence-electron chi connectivity index (χ3n) is 2.50. The maximum absolute atomic E-state index is 12.1. The summed E-state index contributed by atoms with van der Waals surface area (Å²) in [5.74, 6) is 0.354. The Hall–Kier alpha value is -1.75. The summed E-state index contributed by atoms with van der Waals surface area (Å²) in [6, 6.07) is 5.31. The van der Waals surface area contributed by atoms with Crippen LogP contribution in [0.2, 0.25) is 0 Å². The molecule has 0 aliphatic rings. The first-order valence-corrected chi connectivity index (χ1v) is 5.36. The van der Waals surface area contributed by atoms with E-state index in [0.717, 1.165) is 5.69 Å². The van der Waals surface area contributed by atoms with Gasteiger partial charge < -0.3 is 20.1 Å². The van der Waals surface area contributed by atoms with E-state index in [-0.39, 0.29) is 12.5 Å². The number of carbonyl (C=O) groups excluding carboxylic acids is 1. The largest absolute Gasteiger partial charge is 0.496 e. The van der Waals surface area contributed by atoms with Crippen LogP contribution < -0.4 is 10.1 Å². The van der Waals surface area contributed by atoms with Gasteiger partial charge in [-0.1, -0.05) is 0 Å². The molecule has 0 spiro atoms. The number of amides is 1. The highest BCUT2D eigenvalue weighted by Gasteiger charge is 2.16. The van der Waals surface area contributed by atoms with Crippen LogP contribution in [0.4, 0.5) is 5.69 Å². The SMILES string of the molecule is CNc1ccc(OC)c(C(=O)N(C)CCO)c1. The number of ether oxygens (including phenoxy) is 1. The molecule has 94 valence electrons. The molecule has 2 N–H and O–H groups in total. The van der Waals surface area contributed by atoms with Crippen LogP contribution in [0, 0.1) is 0 Å². The topological polar surface area (TPSA) is 61.8 Å². The molecule has 5 heteroatoms. The van der Waals surface area contributed by atoms with Crippen LogP contribution in [0.15, 0.2) is 18.2 Å². The lowest BCUT2D eigenvalue weighted by Gasteiger charge is -2.18. The van der Waals surface area contributed by atoms with Gasteiger partial charge in [-0.2, -0.15) is 0 Å². The molecule has 17 heavy (non-hydrogen) atoms. The van der Waals surface area contributed by atoms with E-state index < -0.39 is 0 Å². The highest BCUT2D eigenvalue weighted by atomic mass is 16.5. The first-order valence-electron chi connectivity index (χ1n) is 5.36. The van der Waals surface area contributed by atoms with Crippen molar-refractivity contribution < 1.29 is 14.6 Å². The number of nitrogens with one attached hydrogen (secondary N) is 1. The molecule has 0 aromatic heterocycles. The molecule has 0 unspecified atom stereocenters. The fraction of sp³-hybridized carbons (Fsp3) is 0.417. The molecule has 0 bridgehead atoms. The molecule has 1 rings (SSSR count). The Balaban J connectivity index is 3.05. The zero-order valence-electron chi connectivity index (χ0n) is 10.4. The van der Waals surface area contributed by atoms with E-state index in [1.54, 1.807) is 26.2 Å². The van der Waals surface area contributed by atoms with E-state index in [2.05, 4.69) is 5.32 Å². The van der Waals surface area contributed by atoms with E-state index in [0.29, 0.717) is 17.9 Å². The third-order valence-corrected chi connectivity index (χ3v) is 2.50. The molecular formula is C12H18N2O3. The predicted octanol–water partition coefficient (Wildman–Crippen LogP) is 0.801. The third kappa shape index (κ3) is 3.10. The molecule has 0 saturated heterocycles. The molecular weight excluding hydrogens is 220 g/mol. The smallest absolute Gasteiger partial charge is 0.257 e. The Morgan fingerprint density at radius 3 is 2.76 bits per heavy atom. The maximum atomic E-state index is 12.1. The summed E-state index contributed by atoms with van der Waals surface area (Å²) in [4.78, 5) is 13.5. The summed E-state index contributed by atoms with van der Waals surface area (Å²) in [6.45, 7) is 0.238. The highest BCUT2D eigenvalue weighted by molar-refractivity contribution is 5.97. The number of benzene rings is 1. The quantitative estimate of drug-likeness (QED) is 0.796. The van der Waals surface area contributed by atoms with E-state index in [9.17, 15) is 4.79 Å². The average molecular weight is 238 g/mol. The fourth-order valence-electron chi connectivity index (χ4n) is 1.49. The predicted molar refractivity (Wildman–Crippen MR) is 66.6 cm³/mol. The molecule has 0 radical (unpaired) electrons. The lowest BCUT2D eigenvalue weighted by molar-refractivity contribution is 0.0763. The number of nitrogens with zero attached hydrogens (tertiary/aromatic N) is 1. The normalized spacial score (nSPS) is 9.88. The second-order valence-electron chi connectivity index (χ2n) is 3.62. The fourth-order valence-corrected chi connectivity index (χ4v) is 1.49. The summed E-state index contributed by atoms with van der Waals surface area (Å²) >= 11 is 0. The monoisotopic (exact) mass is 238 g/mol. The molecule has 1 aromatic carbocycles. The summed E-state index contributed by atoms with van der Waals surface area (Å²) < 4.78 is 5.16. The minimum Gasteiger partial charge on any atom is -0.496 e. The molecule has 0 heterocycles. The van der Waals surface area contributed by atoms with Gasteiger partial charge in [-0.15, -0.1) is 0 Å². The van der Waals surface area contributed by atoms with Gasteiger partial charge in [-0.3, -0.25) is 4.79 Å². The molecule has 0 aliphatic heterocycles. The van der Waals surface area contributed by atoms with Crippen LogP contribution in [-0.2, 0) is 0 Å². The number of carbonyl (C=O) groups is 1. The maximum Gasteiger partial charge on any atom is 0.257 e. The van der Waals surface area contributed by atoms with Gasteiger partial charge in [-0.05, 0) is 18.2 Å². The average Bonchev–Trinajstić information content (AvgIpc) is 2.37. The number of hydrogen-bond donors (Lipinski definition) is 2. The second kappa shape index (κ2) is 6.10. The van der Waals surface area contributed by atoms with Crippen LogP contribution in [0.1, 0.15) is 10.4 Å². The van der Waals surface area contributed by atoms with Crippen molar-refractivity contribution in [2.45, 2.75) is 0 Å². The van der Waals surface area contributed by atoms with E-state index in [1.807, 2.05) is 6.07 Å². The van der Waals surface area contributed by atoms with Gasteiger partial charge in [0, 0.05) is 26.3 Å². The van der Waals surface area contributed by atoms with Gasteiger partial charge in [0.25, 0.3) is 5.91 Å². The van der Waals surface area contributed by atoms with Gasteiger partial charge in [0.2, 0.25) is 0 Å². The lowest BCUT2D eigenvalue weighted by Crippen LogP contribution is -2.29. The summed E-state index contributed by atoms with van der Waals surface area (Å²) in [5, 5.41) is 11.8. The Bertz CT molecular complexity index is 393. The molecule has 1 amide bonds. The van der Waals surface area contributed by atoms with Crippen molar-refractivity contribution >= 4 is 11.6 Å². The second-order valence-corrected chi connectivity index (χ2v) is 3.62. The number of methoxy groups -OCH3 is 1. The van der Waals surface area contributed by atoms with Gasteiger partial charge >= 0.3 is 0 Å². The van der Waals surface area contributed by atoms with E-state index in [4.69, 9.17) is 9.84 Å². The number of anilines is 1. The number of likely N-dealkylation sites (N-methyl/N-ethyl adjacent to an activating group) is 1. The molecule has 0 atom stereocenters. The van der Waals surface area contributed by atoms with Crippen molar-refractivity contribution in [1.82, 2.24) is 4.90 Å². The highest BCUT2D eigenvalue weighted by Crippen LogP contribution is 2.23. The molecule has 5 nitrogen and oxygen atoms in total. The van der Waals surface area contributed by atoms with Crippen molar-refractivity contribution in [3.05, 3.63) is 23.8 Å². The zero-order chi connectivity index (χ0) is 12.8. The van der Waals surface area contributed by atoms with Crippen LogP contribution in [-0.4, -0.2) is 50.3 Å². The van der Waals surface area contributed by atoms with Crippen molar-refractivity contribution in [2.24, 2.45) is 0 Å². The molecule has 0 aliphatic carbocycles. The van der Waals surface area contributed by atoms with Gasteiger partial charge in [-0.25, -0.2) is 0 Å². The number of hydrogen-bond acceptors (Lipinski definition) is 4. The summed E-state index contributed by atoms with van der Waals surface area (Å²) in [6.07, 6.45) is 0. The van der Waals surface area contributed by atoms with Crippen molar-refractivity contribution in [3.63, 3.8) is 0 Å². The van der Waals surface area contributed by atoms with Crippen LogP contribution >= 0.6 is 0 Å². The van der Waals surface area contributed by atoms with Crippen LogP contribution in [0.3, 0.4) is 0 Å². The van der Waals surface area contributed by atoms with Crippen molar-refractivity contribution in [3.8, 4) is 5.75 Å². The van der Waals surface area contributed by atoms with Crippen molar-refractivity contribution in [1.29, 1.82) is 0 Å².